The van der Waals surface area contributed by atoms with E-state index in [0.29, 0.717) is 10.0 Å². The van der Waals surface area contributed by atoms with Crippen LogP contribution in [0.2, 0.25) is 0 Å². The summed E-state index contributed by atoms with van der Waals surface area (Å²) < 4.78 is 27.1. The van der Waals surface area contributed by atoms with Crippen molar-refractivity contribution >= 4 is 31.9 Å². The third kappa shape index (κ3) is 3.25. The predicted molar refractivity (Wildman–Crippen MR) is 72.7 cm³/mol. The standard InChI is InChI=1S/C10H10BrN5O2S/c11-8-2-1-7(6-12)5-9(8)19(17,18)16-10-13-3-4-14-15-10/h1-5H,6,12H2,(H,13,15,16). The number of benzene rings is 1. The van der Waals surface area contributed by atoms with Gasteiger partial charge in [-0.3, -0.25) is 0 Å². The van der Waals surface area contributed by atoms with Crippen molar-refractivity contribution < 1.29 is 8.42 Å². The van der Waals surface area contributed by atoms with Crippen molar-refractivity contribution in [2.75, 3.05) is 4.72 Å². The molecule has 1 aromatic heterocycles. The molecule has 7 nitrogen and oxygen atoms in total. The number of nitrogens with two attached hydrogens (primary N) is 1. The Hall–Kier alpha value is -1.58. The van der Waals surface area contributed by atoms with Gasteiger partial charge in [-0.05, 0) is 33.6 Å². The van der Waals surface area contributed by atoms with Crippen LogP contribution in [0.25, 0.3) is 0 Å². The Balaban J connectivity index is 2.39. The summed E-state index contributed by atoms with van der Waals surface area (Å²) in [6.07, 6.45) is 2.69. The maximum absolute atomic E-state index is 12.2. The van der Waals surface area contributed by atoms with Gasteiger partial charge in [-0.1, -0.05) is 6.07 Å². The quantitative estimate of drug-likeness (QED) is 0.852. The highest BCUT2D eigenvalue weighted by Gasteiger charge is 2.19. The summed E-state index contributed by atoms with van der Waals surface area (Å²) in [7, 11) is -3.79. The number of halogens is 1. The zero-order valence-corrected chi connectivity index (χ0v) is 12.0. The Morgan fingerprint density at radius 3 is 2.74 bits per heavy atom. The van der Waals surface area contributed by atoms with Crippen molar-refractivity contribution in [3.63, 3.8) is 0 Å². The molecule has 0 spiro atoms. The summed E-state index contributed by atoms with van der Waals surface area (Å²) in [5.41, 5.74) is 6.20. The number of aromatic nitrogens is 3. The second kappa shape index (κ2) is 5.59. The van der Waals surface area contributed by atoms with Gasteiger partial charge in [0.25, 0.3) is 16.0 Å². The number of hydrogen-bond donors (Lipinski definition) is 2. The van der Waals surface area contributed by atoms with Gasteiger partial charge in [0, 0.05) is 11.0 Å². The normalized spacial score (nSPS) is 11.3. The van der Waals surface area contributed by atoms with Gasteiger partial charge >= 0.3 is 0 Å². The molecular formula is C10H10BrN5O2S. The van der Waals surface area contributed by atoms with Gasteiger partial charge in [-0.15, -0.1) is 5.10 Å². The fourth-order valence-electron chi connectivity index (χ4n) is 1.35. The second-order valence-corrected chi connectivity index (χ2v) is 6.05. The Labute approximate surface area is 118 Å². The monoisotopic (exact) mass is 343 g/mol. The van der Waals surface area contributed by atoms with Crippen molar-refractivity contribution in [3.05, 3.63) is 40.6 Å². The lowest BCUT2D eigenvalue weighted by Gasteiger charge is -2.09. The van der Waals surface area contributed by atoms with Crippen molar-refractivity contribution in [2.24, 2.45) is 5.73 Å². The third-order valence-electron chi connectivity index (χ3n) is 2.23. The van der Waals surface area contributed by atoms with Crippen LogP contribution >= 0.6 is 15.9 Å². The molecule has 0 bridgehead atoms. The van der Waals surface area contributed by atoms with Crippen LogP contribution in [0.15, 0.2) is 40.0 Å². The summed E-state index contributed by atoms with van der Waals surface area (Å²) >= 11 is 3.19. The van der Waals surface area contributed by atoms with Crippen LogP contribution in [0.3, 0.4) is 0 Å². The van der Waals surface area contributed by atoms with Crippen molar-refractivity contribution in [1.82, 2.24) is 15.2 Å². The Kier molecular flexibility index (Phi) is 4.08. The van der Waals surface area contributed by atoms with Gasteiger partial charge in [0.05, 0.1) is 12.4 Å². The van der Waals surface area contributed by atoms with E-state index in [0.717, 1.165) is 0 Å². The molecule has 19 heavy (non-hydrogen) atoms. The molecule has 2 aromatic rings. The minimum absolute atomic E-state index is 0.0721. The van der Waals surface area contributed by atoms with Gasteiger partial charge in [0.1, 0.15) is 4.90 Å². The van der Waals surface area contributed by atoms with E-state index in [-0.39, 0.29) is 17.4 Å². The minimum atomic E-state index is -3.79. The molecule has 0 atom stereocenters. The smallest absolute Gasteiger partial charge is 0.265 e. The van der Waals surface area contributed by atoms with Gasteiger partial charge in [-0.2, -0.15) is 5.10 Å². The topological polar surface area (TPSA) is 111 Å². The first-order chi connectivity index (χ1) is 9.03. The summed E-state index contributed by atoms with van der Waals surface area (Å²) in [6.45, 7) is 0.249. The molecule has 0 saturated heterocycles. The van der Waals surface area contributed by atoms with E-state index in [2.05, 4.69) is 35.8 Å². The third-order valence-corrected chi connectivity index (χ3v) is 4.55. The van der Waals surface area contributed by atoms with Gasteiger partial charge < -0.3 is 5.73 Å². The molecule has 9 heteroatoms. The first kappa shape index (κ1) is 13.8. The van der Waals surface area contributed by atoms with Crippen LogP contribution in [-0.2, 0) is 16.6 Å². The molecule has 0 radical (unpaired) electrons. The lowest BCUT2D eigenvalue weighted by molar-refractivity contribution is 0.600. The maximum atomic E-state index is 12.2. The largest absolute Gasteiger partial charge is 0.326 e. The number of sulfonamides is 1. The van der Waals surface area contributed by atoms with Crippen molar-refractivity contribution in [1.29, 1.82) is 0 Å². The predicted octanol–water partition coefficient (Wildman–Crippen LogP) is 0.894. The highest BCUT2D eigenvalue weighted by molar-refractivity contribution is 9.10. The van der Waals surface area contributed by atoms with Gasteiger partial charge in [0.15, 0.2) is 0 Å². The number of nitrogens with one attached hydrogen (secondary N) is 1. The lowest BCUT2D eigenvalue weighted by atomic mass is 10.2. The van der Waals surface area contributed by atoms with E-state index < -0.39 is 10.0 Å². The molecule has 0 aliphatic rings. The number of nitrogens with zero attached hydrogens (tertiary/aromatic N) is 3. The van der Waals surface area contributed by atoms with E-state index in [1.54, 1.807) is 12.1 Å². The molecule has 1 heterocycles. The van der Waals surface area contributed by atoms with Crippen LogP contribution in [-0.4, -0.2) is 23.6 Å². The summed E-state index contributed by atoms with van der Waals surface area (Å²) in [4.78, 5) is 3.83. The summed E-state index contributed by atoms with van der Waals surface area (Å²) in [5, 5.41) is 7.12. The zero-order chi connectivity index (χ0) is 13.9. The zero-order valence-electron chi connectivity index (χ0n) is 9.62. The number of anilines is 1. The molecule has 3 N–H and O–H groups in total. The second-order valence-electron chi connectivity index (χ2n) is 3.54. The molecular weight excluding hydrogens is 334 g/mol. The molecule has 0 saturated carbocycles. The van der Waals surface area contributed by atoms with Crippen LogP contribution < -0.4 is 10.5 Å². The van der Waals surface area contributed by atoms with Crippen molar-refractivity contribution in [2.45, 2.75) is 11.4 Å². The van der Waals surface area contributed by atoms with Crippen LogP contribution in [0, 0.1) is 0 Å². The van der Waals surface area contributed by atoms with E-state index in [1.807, 2.05) is 0 Å². The average Bonchev–Trinajstić information content (AvgIpc) is 2.39. The number of rotatable bonds is 4. The number of hydrogen-bond acceptors (Lipinski definition) is 6. The van der Waals surface area contributed by atoms with E-state index in [1.165, 1.54) is 18.5 Å². The Morgan fingerprint density at radius 1 is 1.32 bits per heavy atom. The molecule has 0 aliphatic carbocycles. The molecule has 0 fully saturated rings. The fraction of sp³-hybridized carbons (Fsp3) is 0.100. The fourth-order valence-corrected chi connectivity index (χ4v) is 3.31. The maximum Gasteiger partial charge on any atom is 0.265 e. The highest BCUT2D eigenvalue weighted by Crippen LogP contribution is 2.24. The van der Waals surface area contributed by atoms with E-state index in [9.17, 15) is 8.42 Å². The Morgan fingerprint density at radius 2 is 2.11 bits per heavy atom. The van der Waals surface area contributed by atoms with E-state index in [4.69, 9.17) is 5.73 Å². The van der Waals surface area contributed by atoms with Crippen LogP contribution in [0.1, 0.15) is 5.56 Å². The minimum Gasteiger partial charge on any atom is -0.326 e. The lowest BCUT2D eigenvalue weighted by Crippen LogP contribution is -2.16. The molecule has 0 amide bonds. The summed E-state index contributed by atoms with van der Waals surface area (Å²) in [6, 6.07) is 4.85. The molecule has 0 unspecified atom stereocenters. The highest BCUT2D eigenvalue weighted by atomic mass is 79.9. The van der Waals surface area contributed by atoms with Crippen LogP contribution in [0.5, 0.6) is 0 Å². The van der Waals surface area contributed by atoms with Gasteiger partial charge in [-0.25, -0.2) is 18.1 Å². The van der Waals surface area contributed by atoms with Crippen LogP contribution in [0.4, 0.5) is 5.95 Å². The Bertz CT molecular complexity index is 678. The summed E-state index contributed by atoms with van der Waals surface area (Å²) in [5.74, 6) is -0.0902. The molecule has 2 rings (SSSR count). The SMILES string of the molecule is NCc1ccc(Br)c(S(=O)(=O)Nc2nccnn2)c1. The first-order valence-electron chi connectivity index (χ1n) is 5.18. The average molecular weight is 344 g/mol. The molecule has 0 aliphatic heterocycles. The molecule has 1 aromatic carbocycles. The van der Waals surface area contributed by atoms with E-state index >= 15 is 0 Å². The molecule has 100 valence electrons. The first-order valence-corrected chi connectivity index (χ1v) is 7.45. The van der Waals surface area contributed by atoms with Crippen molar-refractivity contribution in [3.8, 4) is 0 Å². The van der Waals surface area contributed by atoms with Gasteiger partial charge in [0.2, 0.25) is 0 Å².